The number of hydrogen-bond donors (Lipinski definition) is 0. The Morgan fingerprint density at radius 2 is 0.300 bits per heavy atom. The van der Waals surface area contributed by atoms with E-state index in [9.17, 15) is 0 Å². The third-order valence-corrected chi connectivity index (χ3v) is 26.1. The summed E-state index contributed by atoms with van der Waals surface area (Å²) < 4.78 is 24.2. The molecule has 4 nitrogen and oxygen atoms in total. The Morgan fingerprint density at radius 3 is 0.433 bits per heavy atom. The normalized spacial score (nSPS) is 15.4. The van der Waals surface area contributed by atoms with Crippen molar-refractivity contribution in [2.45, 2.75) is 520 Å². The fourth-order valence-electron chi connectivity index (χ4n) is 20.1. The number of ether oxygens (including phenoxy) is 4. The molecule has 0 radical (unpaired) electrons. The van der Waals surface area contributed by atoms with Gasteiger partial charge in [0.1, 0.15) is 0 Å². The molecule has 2 heterocycles. The second-order valence-corrected chi connectivity index (χ2v) is 53.3. The first-order chi connectivity index (χ1) is 69.2. The Bertz CT molecular complexity index is 5260. The summed E-state index contributed by atoms with van der Waals surface area (Å²) in [6.07, 6.45) is 5.12. The molecule has 0 saturated carbocycles. The zero-order valence-corrected chi connectivity index (χ0v) is 109. The highest BCUT2D eigenvalue weighted by molar-refractivity contribution is 6.10. The first kappa shape index (κ1) is 140. The van der Waals surface area contributed by atoms with E-state index >= 15 is 0 Å². The van der Waals surface area contributed by atoms with E-state index in [1.165, 1.54) is 154 Å². The summed E-state index contributed by atoms with van der Waals surface area (Å²) in [6.45, 7) is 132. The largest absolute Gasteiger partial charge is 0.345 e. The van der Waals surface area contributed by atoms with E-state index in [0.29, 0.717) is 0 Å². The lowest BCUT2D eigenvalue weighted by molar-refractivity contribution is -0.150. The maximum absolute atomic E-state index is 6.06. The van der Waals surface area contributed by atoms with Crippen LogP contribution in [0.1, 0.15) is 480 Å². The van der Waals surface area contributed by atoms with Crippen LogP contribution in [0, 0.1) is 49.4 Å². The van der Waals surface area contributed by atoms with Gasteiger partial charge in [-0.2, -0.15) is 0 Å². The third kappa shape index (κ3) is 41.0. The highest BCUT2D eigenvalue weighted by Crippen LogP contribution is 2.52. The van der Waals surface area contributed by atoms with Crippen LogP contribution in [-0.2, 0) is 62.3 Å². The standard InChI is InChI=1S/2C28H30.2C22H30.2C15H30O2.8C2H6/c2*1-27(2,3)23-17-15-19-11-7-9-13-21(19)25(23)26-22-14-10-8-12-20(22)16-18-24(26)28(4,5)6;2*1-15-11-9-13-17(21(3,4)5)19(15)20-16(2)12-10-14-18(20)22(6,7)8;2*1-13(2,3)9-11-12(10-14(4,5)6)17-15(7,8)16-11;8*1-2/h2*7-18H,1-6H3;2*9-14H,1-8H3;2*11-12H,9-10H2,1-8H3;8*1-2H3/t;;;;2*11-,12?;;;;;;;;/m....10......../s1. The third-order valence-electron chi connectivity index (χ3n) is 26.1. The summed E-state index contributed by atoms with van der Waals surface area (Å²) in [4.78, 5) is 0. The average molecular weight is 2050 g/mol. The van der Waals surface area contributed by atoms with Crippen molar-refractivity contribution < 1.29 is 18.9 Å². The Kier molecular flexibility index (Phi) is 54.8. The van der Waals surface area contributed by atoms with Crippen LogP contribution in [0.4, 0.5) is 0 Å². The van der Waals surface area contributed by atoms with Gasteiger partial charge in [0, 0.05) is 0 Å². The lowest BCUT2D eigenvalue weighted by Crippen LogP contribution is -2.31. The number of benzene rings is 12. The summed E-state index contributed by atoms with van der Waals surface area (Å²) in [5.74, 6) is -0.850. The molecule has 0 aliphatic carbocycles. The van der Waals surface area contributed by atoms with Gasteiger partial charge < -0.3 is 18.9 Å². The first-order valence-corrected chi connectivity index (χ1v) is 58.4. The molecule has 4 atom stereocenters. The maximum Gasteiger partial charge on any atom is 0.163 e. The summed E-state index contributed by atoms with van der Waals surface area (Å²) in [6, 6.07) is 80.6. The molecule has 0 bridgehead atoms. The molecule has 12 aromatic carbocycles. The van der Waals surface area contributed by atoms with Crippen LogP contribution in [0.2, 0.25) is 0 Å². The van der Waals surface area contributed by atoms with Crippen molar-refractivity contribution in [3.05, 3.63) is 285 Å². The molecule has 2 unspecified atom stereocenters. The summed E-state index contributed by atoms with van der Waals surface area (Å²) in [5.41, 5.74) is 30.1. The molecule has 2 fully saturated rings. The monoisotopic (exact) mass is 2050 g/mol. The van der Waals surface area contributed by atoms with Gasteiger partial charge in [0.05, 0.1) is 24.4 Å². The molecular formula is C146H228O4. The molecule has 0 N–H and O–H groups in total. The second-order valence-electron chi connectivity index (χ2n) is 53.3. The van der Waals surface area contributed by atoms with Crippen LogP contribution in [0.25, 0.3) is 87.6 Å². The molecule has 12 aromatic rings. The van der Waals surface area contributed by atoms with Gasteiger partial charge >= 0.3 is 0 Å². The maximum atomic E-state index is 6.06. The topological polar surface area (TPSA) is 36.9 Å². The summed E-state index contributed by atoms with van der Waals surface area (Å²) in [5, 5.41) is 10.6. The van der Waals surface area contributed by atoms with Gasteiger partial charge in [-0.3, -0.25) is 0 Å². The lowest BCUT2D eigenvalue weighted by Gasteiger charge is -2.30. The van der Waals surface area contributed by atoms with Gasteiger partial charge in [0.2, 0.25) is 0 Å². The van der Waals surface area contributed by atoms with Crippen molar-refractivity contribution in [1.82, 2.24) is 0 Å². The van der Waals surface area contributed by atoms with Crippen LogP contribution in [-0.4, -0.2) is 36.0 Å². The zero-order valence-electron chi connectivity index (χ0n) is 109. The Hall–Kier alpha value is -8.48. The molecule has 2 aliphatic heterocycles. The van der Waals surface area contributed by atoms with Crippen LogP contribution in [0.5, 0.6) is 0 Å². The van der Waals surface area contributed by atoms with Crippen molar-refractivity contribution in [3.63, 3.8) is 0 Å². The van der Waals surface area contributed by atoms with Gasteiger partial charge in [0.15, 0.2) is 11.6 Å². The molecule has 0 amide bonds. The van der Waals surface area contributed by atoms with E-state index in [2.05, 4.69) is 495 Å². The van der Waals surface area contributed by atoms with Crippen molar-refractivity contribution >= 4 is 43.1 Å². The van der Waals surface area contributed by atoms with Gasteiger partial charge in [-0.25, -0.2) is 0 Å². The van der Waals surface area contributed by atoms with Crippen LogP contribution in [0.3, 0.4) is 0 Å². The average Bonchev–Trinajstić information content (AvgIpc) is 0.934. The van der Waals surface area contributed by atoms with E-state index in [4.69, 9.17) is 18.9 Å². The fourth-order valence-corrected chi connectivity index (χ4v) is 20.1. The SMILES string of the molecule is CC.CC.CC.CC.CC.CC.CC.CC.CC(C)(C)CC1OC(C)(C)O[C@@H]1CC(C)(C)C.CC(C)(C)CC1OC(C)(C)O[C@H]1CC(C)(C)C.CC(C)(C)c1ccc2ccccc2c1-c1c(C(C)(C)C)ccc2ccccc12.CC(C)(C)c1ccc2ccccc2c1-c1c(C(C)(C)C)ccc2ccccc12.Cc1cccc(C(C)(C)C)c1-c1c(C)cccc1C(C)(C)C.Cc1cccc(C(C)(C)C)c1-c1c(C)cccc1C(C)(C)C. The molecule has 0 aromatic heterocycles. The van der Waals surface area contributed by atoms with E-state index in [0.717, 1.165) is 25.7 Å². The number of fused-ring (bicyclic) bond motifs is 4. The zero-order chi connectivity index (χ0) is 117. The molecule has 836 valence electrons. The molecule has 4 heteroatoms. The van der Waals surface area contributed by atoms with Crippen molar-refractivity contribution in [1.29, 1.82) is 0 Å². The first-order valence-electron chi connectivity index (χ1n) is 58.4. The van der Waals surface area contributed by atoms with Crippen molar-refractivity contribution in [3.8, 4) is 44.5 Å². The smallest absolute Gasteiger partial charge is 0.163 e. The van der Waals surface area contributed by atoms with Crippen LogP contribution >= 0.6 is 0 Å². The van der Waals surface area contributed by atoms with Crippen LogP contribution < -0.4 is 0 Å². The molecule has 2 aliphatic rings. The minimum absolute atomic E-state index is 0.0610. The lowest BCUT2D eigenvalue weighted by atomic mass is 9.74. The van der Waals surface area contributed by atoms with Gasteiger partial charge in [-0.15, -0.1) is 0 Å². The predicted molar refractivity (Wildman–Crippen MR) is 681 cm³/mol. The molecule has 14 rings (SSSR count). The minimum Gasteiger partial charge on any atom is -0.345 e. The van der Waals surface area contributed by atoms with Gasteiger partial charge in [-0.05, 0) is 300 Å². The van der Waals surface area contributed by atoms with E-state index in [-0.39, 0.29) is 89.4 Å². The predicted octanol–water partition coefficient (Wildman–Crippen LogP) is 46.6. The Balaban J connectivity index is 0.000000883. The fraction of sp³-hybridized carbons (Fsp3) is 0.562. The van der Waals surface area contributed by atoms with Crippen molar-refractivity contribution in [2.24, 2.45) is 21.7 Å². The minimum atomic E-state index is -0.425. The molecule has 2 saturated heterocycles. The van der Waals surface area contributed by atoms with Gasteiger partial charge in [0.25, 0.3) is 0 Å². The highest BCUT2D eigenvalue weighted by atomic mass is 16.8. The second kappa shape index (κ2) is 58.9. The van der Waals surface area contributed by atoms with E-state index in [1.54, 1.807) is 0 Å². The Morgan fingerprint density at radius 1 is 0.167 bits per heavy atom. The van der Waals surface area contributed by atoms with Crippen LogP contribution in [0.15, 0.2) is 218 Å². The molecular weight excluding hydrogens is 1820 g/mol. The number of rotatable bonds is 8. The number of hydrogen-bond acceptors (Lipinski definition) is 4. The Labute approximate surface area is 927 Å². The van der Waals surface area contributed by atoms with E-state index < -0.39 is 11.6 Å². The highest BCUT2D eigenvalue weighted by Gasteiger charge is 2.46. The van der Waals surface area contributed by atoms with Crippen molar-refractivity contribution in [2.75, 3.05) is 0 Å². The van der Waals surface area contributed by atoms with Gasteiger partial charge in [-0.1, -0.05) is 578 Å². The molecule has 150 heavy (non-hydrogen) atoms. The number of aryl methyl sites for hydroxylation is 4. The summed E-state index contributed by atoms with van der Waals surface area (Å²) >= 11 is 0. The summed E-state index contributed by atoms with van der Waals surface area (Å²) in [7, 11) is 0. The quantitative estimate of drug-likeness (QED) is 0.152. The molecule has 0 spiro atoms. The van der Waals surface area contributed by atoms with E-state index in [1.807, 2.05) is 138 Å².